The molecule has 0 saturated carbocycles. The first-order valence-corrected chi connectivity index (χ1v) is 6.08. The van der Waals surface area contributed by atoms with Gasteiger partial charge < -0.3 is 14.8 Å². The minimum atomic E-state index is -4.75. The molecule has 1 aromatic carbocycles. The van der Waals surface area contributed by atoms with Gasteiger partial charge in [-0.1, -0.05) is 12.1 Å². The summed E-state index contributed by atoms with van der Waals surface area (Å²) in [5.74, 6) is 0.307. The Morgan fingerprint density at radius 2 is 1.86 bits per heavy atom. The number of anilines is 1. The summed E-state index contributed by atoms with van der Waals surface area (Å²) in [5.41, 5.74) is 0.774. The number of benzene rings is 1. The second-order valence-corrected chi connectivity index (χ2v) is 4.08. The van der Waals surface area contributed by atoms with Crippen LogP contribution in [0.25, 0.3) is 0 Å². The van der Waals surface area contributed by atoms with E-state index < -0.39 is 6.36 Å². The van der Waals surface area contributed by atoms with E-state index in [1.54, 1.807) is 31.4 Å². The van der Waals surface area contributed by atoms with Crippen LogP contribution in [0.15, 0.2) is 42.6 Å². The van der Waals surface area contributed by atoms with Crippen molar-refractivity contribution in [1.82, 2.24) is 4.98 Å². The van der Waals surface area contributed by atoms with Gasteiger partial charge in [-0.2, -0.15) is 0 Å². The van der Waals surface area contributed by atoms with Crippen LogP contribution < -0.4 is 14.8 Å². The van der Waals surface area contributed by atoms with Crippen molar-refractivity contribution in [3.8, 4) is 11.5 Å². The highest BCUT2D eigenvalue weighted by atomic mass is 19.4. The number of aromatic nitrogens is 1. The van der Waals surface area contributed by atoms with Gasteiger partial charge in [0.2, 0.25) is 0 Å². The Hall–Kier alpha value is -2.44. The molecule has 2 rings (SSSR count). The quantitative estimate of drug-likeness (QED) is 0.916. The van der Waals surface area contributed by atoms with Gasteiger partial charge in [-0.05, 0) is 29.8 Å². The number of hydrogen-bond acceptors (Lipinski definition) is 4. The number of ether oxygens (including phenoxy) is 2. The van der Waals surface area contributed by atoms with Gasteiger partial charge in [0.15, 0.2) is 11.5 Å². The second-order valence-electron chi connectivity index (χ2n) is 4.08. The zero-order chi connectivity index (χ0) is 15.3. The third-order valence-electron chi connectivity index (χ3n) is 2.55. The van der Waals surface area contributed by atoms with Gasteiger partial charge in [0.05, 0.1) is 0 Å². The van der Waals surface area contributed by atoms with E-state index in [2.05, 4.69) is 15.0 Å². The Bertz CT molecular complexity index is 603. The Kier molecular flexibility index (Phi) is 4.52. The molecule has 0 aliphatic heterocycles. The molecule has 0 radical (unpaired) electrons. The number of alkyl halides is 3. The summed E-state index contributed by atoms with van der Waals surface area (Å²) in [7, 11) is 1.72. The Labute approximate surface area is 119 Å². The van der Waals surface area contributed by atoms with E-state index in [1.807, 2.05) is 0 Å². The van der Waals surface area contributed by atoms with Crippen molar-refractivity contribution in [2.45, 2.75) is 13.0 Å². The number of para-hydroxylation sites is 2. The molecule has 0 unspecified atom stereocenters. The molecule has 0 fully saturated rings. The fourth-order valence-corrected chi connectivity index (χ4v) is 1.64. The van der Waals surface area contributed by atoms with Crippen LogP contribution in [0.2, 0.25) is 0 Å². The van der Waals surface area contributed by atoms with E-state index in [4.69, 9.17) is 4.74 Å². The van der Waals surface area contributed by atoms with Gasteiger partial charge in [-0.15, -0.1) is 13.2 Å². The van der Waals surface area contributed by atoms with Gasteiger partial charge >= 0.3 is 6.36 Å². The highest BCUT2D eigenvalue weighted by Crippen LogP contribution is 2.32. The summed E-state index contributed by atoms with van der Waals surface area (Å²) in [4.78, 5) is 4.04. The maximum absolute atomic E-state index is 12.3. The van der Waals surface area contributed by atoms with Gasteiger partial charge in [0, 0.05) is 13.2 Å². The lowest BCUT2D eigenvalue weighted by molar-refractivity contribution is -0.275. The zero-order valence-electron chi connectivity index (χ0n) is 11.1. The standard InChI is InChI=1S/C14H13F3N2O2/c1-18-13-8-10(6-7-19-13)9-20-11-4-2-3-5-12(11)21-14(15,16)17/h2-8H,9H2,1H3,(H,18,19). The first-order chi connectivity index (χ1) is 9.98. The van der Waals surface area contributed by atoms with Crippen LogP contribution in [0.3, 0.4) is 0 Å². The average molecular weight is 298 g/mol. The Balaban J connectivity index is 2.09. The summed E-state index contributed by atoms with van der Waals surface area (Å²) in [6.45, 7) is 0.107. The lowest BCUT2D eigenvalue weighted by atomic mass is 10.2. The molecule has 1 heterocycles. The zero-order valence-corrected chi connectivity index (χ0v) is 11.1. The minimum Gasteiger partial charge on any atom is -0.485 e. The van der Waals surface area contributed by atoms with Crippen LogP contribution >= 0.6 is 0 Å². The first-order valence-electron chi connectivity index (χ1n) is 6.08. The summed E-state index contributed by atoms with van der Waals surface area (Å²) >= 11 is 0. The largest absolute Gasteiger partial charge is 0.573 e. The highest BCUT2D eigenvalue weighted by Gasteiger charge is 2.32. The number of nitrogens with zero attached hydrogens (tertiary/aromatic N) is 1. The van der Waals surface area contributed by atoms with Crippen molar-refractivity contribution in [3.63, 3.8) is 0 Å². The first kappa shape index (κ1) is 15.0. The van der Waals surface area contributed by atoms with Crippen molar-refractivity contribution in [3.05, 3.63) is 48.2 Å². The summed E-state index contributed by atoms with van der Waals surface area (Å²) in [6, 6.07) is 9.10. The van der Waals surface area contributed by atoms with E-state index in [0.29, 0.717) is 5.82 Å². The average Bonchev–Trinajstić information content (AvgIpc) is 2.45. The number of rotatable bonds is 5. The van der Waals surface area contributed by atoms with Crippen molar-refractivity contribution in [1.29, 1.82) is 0 Å². The number of nitrogens with one attached hydrogen (secondary N) is 1. The van der Waals surface area contributed by atoms with Crippen molar-refractivity contribution in [2.24, 2.45) is 0 Å². The molecule has 0 bridgehead atoms. The lowest BCUT2D eigenvalue weighted by Gasteiger charge is -2.14. The van der Waals surface area contributed by atoms with Crippen molar-refractivity contribution >= 4 is 5.82 Å². The van der Waals surface area contributed by atoms with Gasteiger partial charge in [-0.25, -0.2) is 4.98 Å². The Morgan fingerprint density at radius 3 is 2.52 bits per heavy atom. The maximum atomic E-state index is 12.3. The number of hydrogen-bond donors (Lipinski definition) is 1. The molecule has 0 saturated heterocycles. The SMILES string of the molecule is CNc1cc(COc2ccccc2OC(F)(F)F)ccn1. The molecule has 0 aliphatic rings. The van der Waals surface area contributed by atoms with Crippen LogP contribution in [0.1, 0.15) is 5.56 Å². The molecule has 7 heteroatoms. The molecule has 1 N–H and O–H groups in total. The molecular weight excluding hydrogens is 285 g/mol. The molecule has 1 aromatic heterocycles. The molecule has 112 valence electrons. The van der Waals surface area contributed by atoms with E-state index in [9.17, 15) is 13.2 Å². The topological polar surface area (TPSA) is 43.4 Å². The smallest absolute Gasteiger partial charge is 0.485 e. The molecule has 2 aromatic rings. The van der Waals surface area contributed by atoms with Crippen LogP contribution in [-0.4, -0.2) is 18.4 Å². The lowest BCUT2D eigenvalue weighted by Crippen LogP contribution is -2.17. The molecule has 0 aliphatic carbocycles. The molecule has 0 atom stereocenters. The summed E-state index contributed by atoms with van der Waals surface area (Å²) < 4.78 is 46.2. The highest BCUT2D eigenvalue weighted by molar-refractivity contribution is 5.40. The van der Waals surface area contributed by atoms with Gasteiger partial charge in [-0.3, -0.25) is 0 Å². The fraction of sp³-hybridized carbons (Fsp3) is 0.214. The van der Waals surface area contributed by atoms with E-state index >= 15 is 0 Å². The second kappa shape index (κ2) is 6.34. The molecule has 21 heavy (non-hydrogen) atoms. The normalized spacial score (nSPS) is 11.0. The molecule has 0 spiro atoms. The van der Waals surface area contributed by atoms with Gasteiger partial charge in [0.1, 0.15) is 12.4 Å². The van der Waals surface area contributed by atoms with Crippen LogP contribution in [0.4, 0.5) is 19.0 Å². The van der Waals surface area contributed by atoms with E-state index in [-0.39, 0.29) is 18.1 Å². The van der Waals surface area contributed by atoms with Crippen molar-refractivity contribution in [2.75, 3.05) is 12.4 Å². The third kappa shape index (κ3) is 4.55. The molecule has 4 nitrogen and oxygen atoms in total. The van der Waals surface area contributed by atoms with Crippen LogP contribution in [0, 0.1) is 0 Å². The predicted molar refractivity (Wildman–Crippen MR) is 71.2 cm³/mol. The number of pyridine rings is 1. The van der Waals surface area contributed by atoms with Crippen LogP contribution in [-0.2, 0) is 6.61 Å². The molecular formula is C14H13F3N2O2. The summed E-state index contributed by atoms with van der Waals surface area (Å²) in [6.07, 6.45) is -3.17. The van der Waals surface area contributed by atoms with Crippen LogP contribution in [0.5, 0.6) is 11.5 Å². The fourth-order valence-electron chi connectivity index (χ4n) is 1.64. The Morgan fingerprint density at radius 1 is 1.14 bits per heavy atom. The monoisotopic (exact) mass is 298 g/mol. The molecule has 0 amide bonds. The predicted octanol–water partition coefficient (Wildman–Crippen LogP) is 3.60. The van der Waals surface area contributed by atoms with E-state index in [0.717, 1.165) is 5.56 Å². The third-order valence-corrected chi connectivity index (χ3v) is 2.55. The van der Waals surface area contributed by atoms with Gasteiger partial charge in [0.25, 0.3) is 0 Å². The minimum absolute atomic E-state index is 0.0256. The maximum Gasteiger partial charge on any atom is 0.573 e. The summed E-state index contributed by atoms with van der Waals surface area (Å²) in [5, 5.41) is 2.87. The number of halogens is 3. The van der Waals surface area contributed by atoms with E-state index in [1.165, 1.54) is 18.2 Å². The van der Waals surface area contributed by atoms with Crippen molar-refractivity contribution < 1.29 is 22.6 Å².